The standard InChI is InChI=1S/C16H19Cl2NO3/c1-4-11-5-7-12(8-6-11)19-13(20)10(2)22-14(21)15(3)9-16(15,17)18/h5-8,10H,4,9H2,1-3H3,(H,19,20)/t10-,15-/m1/s1. The third-order valence-electron chi connectivity index (χ3n) is 3.99. The van der Waals surface area contributed by atoms with E-state index in [0.29, 0.717) is 12.1 Å². The Hall–Kier alpha value is -1.26. The summed E-state index contributed by atoms with van der Waals surface area (Å²) in [4.78, 5) is 24.1. The molecule has 1 aromatic carbocycles. The van der Waals surface area contributed by atoms with Gasteiger partial charge in [0.05, 0.1) is 0 Å². The number of rotatable bonds is 5. The number of hydrogen-bond acceptors (Lipinski definition) is 3. The Kier molecular flexibility index (Phi) is 4.73. The van der Waals surface area contributed by atoms with Gasteiger partial charge in [-0.25, -0.2) is 0 Å². The van der Waals surface area contributed by atoms with Crippen molar-refractivity contribution in [2.45, 2.75) is 44.1 Å². The Morgan fingerprint density at radius 3 is 2.32 bits per heavy atom. The average Bonchev–Trinajstić information content (AvgIpc) is 2.99. The van der Waals surface area contributed by atoms with Gasteiger partial charge < -0.3 is 10.1 Å². The lowest BCUT2D eigenvalue weighted by Gasteiger charge is -2.17. The third kappa shape index (κ3) is 3.39. The van der Waals surface area contributed by atoms with Crippen molar-refractivity contribution in [3.8, 4) is 0 Å². The predicted molar refractivity (Wildman–Crippen MR) is 87.2 cm³/mol. The smallest absolute Gasteiger partial charge is 0.315 e. The molecule has 0 spiro atoms. The van der Waals surface area contributed by atoms with Crippen LogP contribution >= 0.6 is 23.2 Å². The number of amides is 1. The molecule has 6 heteroatoms. The molecule has 120 valence electrons. The molecule has 0 radical (unpaired) electrons. The second kappa shape index (κ2) is 6.09. The molecule has 4 nitrogen and oxygen atoms in total. The quantitative estimate of drug-likeness (QED) is 0.655. The zero-order chi connectivity index (χ0) is 16.5. The van der Waals surface area contributed by atoms with Crippen LogP contribution in [0.4, 0.5) is 5.69 Å². The minimum Gasteiger partial charge on any atom is -0.452 e. The van der Waals surface area contributed by atoms with Crippen LogP contribution in [0.1, 0.15) is 32.8 Å². The lowest BCUT2D eigenvalue weighted by molar-refractivity contribution is -0.158. The van der Waals surface area contributed by atoms with Gasteiger partial charge >= 0.3 is 5.97 Å². The Labute approximate surface area is 140 Å². The molecule has 1 aliphatic rings. The summed E-state index contributed by atoms with van der Waals surface area (Å²) in [5, 5.41) is 2.71. The van der Waals surface area contributed by atoms with Gasteiger partial charge in [0.2, 0.25) is 0 Å². The number of carbonyl (C=O) groups is 2. The Morgan fingerprint density at radius 1 is 1.32 bits per heavy atom. The molecule has 0 saturated heterocycles. The summed E-state index contributed by atoms with van der Waals surface area (Å²) in [6.07, 6.45) is 0.341. The van der Waals surface area contributed by atoms with Crippen molar-refractivity contribution < 1.29 is 14.3 Å². The van der Waals surface area contributed by atoms with Gasteiger partial charge in [-0.15, -0.1) is 23.2 Å². The van der Waals surface area contributed by atoms with Crippen molar-refractivity contribution >= 4 is 40.8 Å². The molecule has 0 bridgehead atoms. The summed E-state index contributed by atoms with van der Waals surface area (Å²) >= 11 is 11.9. The number of ether oxygens (including phenoxy) is 1. The number of hydrogen-bond donors (Lipinski definition) is 1. The van der Waals surface area contributed by atoms with Crippen LogP contribution in [-0.2, 0) is 20.7 Å². The number of esters is 1. The number of carbonyl (C=O) groups excluding carboxylic acids is 2. The van der Waals surface area contributed by atoms with E-state index in [4.69, 9.17) is 27.9 Å². The monoisotopic (exact) mass is 343 g/mol. The van der Waals surface area contributed by atoms with Crippen molar-refractivity contribution in [3.63, 3.8) is 0 Å². The predicted octanol–water partition coefficient (Wildman–Crippen LogP) is 3.70. The van der Waals surface area contributed by atoms with Gasteiger partial charge in [-0.2, -0.15) is 0 Å². The first-order valence-corrected chi connectivity index (χ1v) is 7.94. The van der Waals surface area contributed by atoms with Gasteiger partial charge in [0.1, 0.15) is 9.75 Å². The number of alkyl halides is 2. The van der Waals surface area contributed by atoms with Crippen LogP contribution in [-0.4, -0.2) is 22.3 Å². The summed E-state index contributed by atoms with van der Waals surface area (Å²) in [5.41, 5.74) is 0.902. The first kappa shape index (κ1) is 17.1. The van der Waals surface area contributed by atoms with E-state index >= 15 is 0 Å². The van der Waals surface area contributed by atoms with E-state index in [0.717, 1.165) is 6.42 Å². The Balaban J connectivity index is 1.91. The second-order valence-corrected chi connectivity index (χ2v) is 7.28. The molecule has 1 amide bonds. The lowest BCUT2D eigenvalue weighted by atomic mass is 10.1. The van der Waals surface area contributed by atoms with E-state index in [1.54, 1.807) is 6.92 Å². The van der Waals surface area contributed by atoms with E-state index in [1.165, 1.54) is 12.5 Å². The van der Waals surface area contributed by atoms with Gasteiger partial charge in [0, 0.05) is 12.1 Å². The van der Waals surface area contributed by atoms with Crippen molar-refractivity contribution in [1.29, 1.82) is 0 Å². The van der Waals surface area contributed by atoms with E-state index in [1.807, 2.05) is 24.3 Å². The molecule has 0 heterocycles. The molecule has 0 aliphatic heterocycles. The van der Waals surface area contributed by atoms with Crippen molar-refractivity contribution in [2.75, 3.05) is 5.32 Å². The summed E-state index contributed by atoms with van der Waals surface area (Å²) in [7, 11) is 0. The fourth-order valence-corrected chi connectivity index (χ4v) is 2.72. The van der Waals surface area contributed by atoms with E-state index in [9.17, 15) is 9.59 Å². The molecule has 1 aliphatic carbocycles. The Morgan fingerprint density at radius 2 is 1.86 bits per heavy atom. The summed E-state index contributed by atoms with van der Waals surface area (Å²) in [6.45, 7) is 5.20. The maximum atomic E-state index is 12.1. The number of benzene rings is 1. The average molecular weight is 344 g/mol. The van der Waals surface area contributed by atoms with E-state index < -0.39 is 27.7 Å². The number of halogens is 2. The number of nitrogens with one attached hydrogen (secondary N) is 1. The largest absolute Gasteiger partial charge is 0.452 e. The van der Waals surface area contributed by atoms with Gasteiger partial charge in [0.15, 0.2) is 6.10 Å². The molecule has 2 rings (SSSR count). The van der Waals surface area contributed by atoms with Gasteiger partial charge in [-0.3, -0.25) is 9.59 Å². The van der Waals surface area contributed by atoms with Crippen LogP contribution in [0.15, 0.2) is 24.3 Å². The van der Waals surface area contributed by atoms with Gasteiger partial charge in [-0.05, 0) is 38.0 Å². The lowest BCUT2D eigenvalue weighted by Crippen LogP contribution is -2.33. The highest BCUT2D eigenvalue weighted by atomic mass is 35.5. The first-order valence-electron chi connectivity index (χ1n) is 7.18. The molecular weight excluding hydrogens is 325 g/mol. The second-order valence-electron chi connectivity index (χ2n) is 5.80. The van der Waals surface area contributed by atoms with Crippen molar-refractivity contribution in [1.82, 2.24) is 0 Å². The van der Waals surface area contributed by atoms with Crippen LogP contribution in [0.3, 0.4) is 0 Å². The fraction of sp³-hybridized carbons (Fsp3) is 0.500. The van der Waals surface area contributed by atoms with Crippen LogP contribution in [0.25, 0.3) is 0 Å². The van der Waals surface area contributed by atoms with E-state index in [-0.39, 0.29) is 0 Å². The zero-order valence-electron chi connectivity index (χ0n) is 12.8. The topological polar surface area (TPSA) is 55.4 Å². The van der Waals surface area contributed by atoms with Gasteiger partial charge in [-0.1, -0.05) is 19.1 Å². The molecule has 0 unspecified atom stereocenters. The minimum atomic E-state index is -1.10. The highest BCUT2D eigenvalue weighted by molar-refractivity contribution is 6.53. The molecule has 1 saturated carbocycles. The number of anilines is 1. The first-order chi connectivity index (χ1) is 10.2. The SMILES string of the molecule is CCc1ccc(NC(=O)[C@@H](C)OC(=O)[C@@]2(C)CC2(Cl)Cl)cc1. The zero-order valence-corrected chi connectivity index (χ0v) is 14.3. The van der Waals surface area contributed by atoms with Crippen LogP contribution in [0, 0.1) is 5.41 Å². The molecule has 1 aromatic rings. The van der Waals surface area contributed by atoms with Crippen LogP contribution in [0.5, 0.6) is 0 Å². The normalized spacial score (nSPS) is 23.5. The molecule has 22 heavy (non-hydrogen) atoms. The molecule has 0 aromatic heterocycles. The third-order valence-corrected chi connectivity index (χ3v) is 5.09. The molecule has 1 fully saturated rings. The highest BCUT2D eigenvalue weighted by Crippen LogP contribution is 2.64. The van der Waals surface area contributed by atoms with Crippen molar-refractivity contribution in [2.24, 2.45) is 5.41 Å². The fourth-order valence-electron chi connectivity index (χ4n) is 2.03. The minimum absolute atomic E-state index is 0.328. The molecular formula is C16H19Cl2NO3. The summed E-state index contributed by atoms with van der Waals surface area (Å²) in [5.74, 6) is -0.946. The Bertz CT molecular complexity index is 586. The molecule has 2 atom stereocenters. The number of aryl methyl sites for hydroxylation is 1. The van der Waals surface area contributed by atoms with E-state index in [2.05, 4.69) is 12.2 Å². The molecule has 1 N–H and O–H groups in total. The maximum absolute atomic E-state index is 12.1. The highest BCUT2D eigenvalue weighted by Gasteiger charge is 2.69. The summed E-state index contributed by atoms with van der Waals surface area (Å²) in [6, 6.07) is 7.51. The maximum Gasteiger partial charge on any atom is 0.315 e. The van der Waals surface area contributed by atoms with Crippen LogP contribution in [0.2, 0.25) is 0 Å². The summed E-state index contributed by atoms with van der Waals surface area (Å²) < 4.78 is 4.07. The van der Waals surface area contributed by atoms with Gasteiger partial charge in [0.25, 0.3) is 5.91 Å². The van der Waals surface area contributed by atoms with Crippen LogP contribution < -0.4 is 5.32 Å². The van der Waals surface area contributed by atoms with Crippen molar-refractivity contribution in [3.05, 3.63) is 29.8 Å².